The molecule has 20 heavy (non-hydrogen) atoms. The summed E-state index contributed by atoms with van der Waals surface area (Å²) in [5.74, 6) is -0.0110. The molecule has 0 aromatic heterocycles. The van der Waals surface area contributed by atoms with Gasteiger partial charge >= 0.3 is 6.18 Å². The smallest absolute Gasteiger partial charge is 0.325 e. The van der Waals surface area contributed by atoms with Crippen molar-refractivity contribution < 1.29 is 18.0 Å². The second-order valence-electron chi connectivity index (χ2n) is 5.36. The summed E-state index contributed by atoms with van der Waals surface area (Å²) in [5.41, 5.74) is -0.260. The van der Waals surface area contributed by atoms with Crippen molar-refractivity contribution in [3.63, 3.8) is 0 Å². The van der Waals surface area contributed by atoms with Crippen LogP contribution in [0.3, 0.4) is 0 Å². The van der Waals surface area contributed by atoms with Crippen molar-refractivity contribution in [2.24, 2.45) is 5.92 Å². The third-order valence-corrected chi connectivity index (χ3v) is 3.53. The molecular formula is C14H17F3N2O. The molecule has 1 aromatic carbocycles. The van der Waals surface area contributed by atoms with E-state index in [-0.39, 0.29) is 17.9 Å². The van der Waals surface area contributed by atoms with Gasteiger partial charge in [0.2, 0.25) is 5.91 Å². The molecule has 110 valence electrons. The lowest BCUT2D eigenvalue weighted by atomic mass is 10.0. The van der Waals surface area contributed by atoms with Gasteiger partial charge in [0, 0.05) is 7.05 Å². The Hall–Kier alpha value is -1.56. The summed E-state index contributed by atoms with van der Waals surface area (Å²) >= 11 is 0. The highest BCUT2D eigenvalue weighted by atomic mass is 19.4. The number of rotatable bonds is 2. The Bertz CT molecular complexity index is 513. The molecule has 1 amide bonds. The van der Waals surface area contributed by atoms with Gasteiger partial charge in [0.05, 0.1) is 11.6 Å². The van der Waals surface area contributed by atoms with Crippen LogP contribution < -0.4 is 5.32 Å². The van der Waals surface area contributed by atoms with E-state index < -0.39 is 17.9 Å². The van der Waals surface area contributed by atoms with Crippen molar-refractivity contribution in [1.29, 1.82) is 0 Å². The fourth-order valence-electron chi connectivity index (χ4n) is 2.38. The van der Waals surface area contributed by atoms with Crippen molar-refractivity contribution in [2.75, 3.05) is 7.05 Å². The summed E-state index contributed by atoms with van der Waals surface area (Å²) in [5, 5.41) is 3.09. The van der Waals surface area contributed by atoms with Gasteiger partial charge in [-0.25, -0.2) is 0 Å². The highest BCUT2D eigenvalue weighted by molar-refractivity contribution is 5.84. The Morgan fingerprint density at radius 2 is 1.95 bits per heavy atom. The van der Waals surface area contributed by atoms with E-state index in [9.17, 15) is 18.0 Å². The molecule has 6 heteroatoms. The summed E-state index contributed by atoms with van der Waals surface area (Å²) in [6, 6.07) is 4.71. The maximum absolute atomic E-state index is 12.7. The topological polar surface area (TPSA) is 32.3 Å². The maximum atomic E-state index is 12.7. The van der Waals surface area contributed by atoms with Crippen LogP contribution in [0.5, 0.6) is 0 Å². The Balaban J connectivity index is 2.31. The number of nitrogens with zero attached hydrogens (tertiary/aromatic N) is 1. The first-order valence-electron chi connectivity index (χ1n) is 6.41. The van der Waals surface area contributed by atoms with Crippen LogP contribution in [-0.2, 0) is 11.0 Å². The average molecular weight is 286 g/mol. The van der Waals surface area contributed by atoms with E-state index in [1.54, 1.807) is 13.1 Å². The van der Waals surface area contributed by atoms with E-state index in [0.29, 0.717) is 5.56 Å². The van der Waals surface area contributed by atoms with E-state index in [0.717, 1.165) is 12.1 Å². The number of likely N-dealkylation sites (N-methyl/N-ethyl adjacent to an activating group) is 1. The molecule has 1 N–H and O–H groups in total. The zero-order valence-electron chi connectivity index (χ0n) is 11.5. The first-order chi connectivity index (χ1) is 9.21. The van der Waals surface area contributed by atoms with E-state index in [1.165, 1.54) is 11.0 Å². The number of halogens is 3. The average Bonchev–Trinajstić information content (AvgIpc) is 2.66. The minimum atomic E-state index is -4.38. The van der Waals surface area contributed by atoms with Gasteiger partial charge in [-0.1, -0.05) is 26.0 Å². The Labute approximate surface area is 115 Å². The molecule has 1 saturated heterocycles. The van der Waals surface area contributed by atoms with E-state index in [2.05, 4.69) is 5.32 Å². The van der Waals surface area contributed by atoms with Crippen LogP contribution in [0.2, 0.25) is 0 Å². The van der Waals surface area contributed by atoms with Crippen molar-refractivity contribution in [2.45, 2.75) is 32.2 Å². The van der Waals surface area contributed by atoms with Crippen LogP contribution in [0.15, 0.2) is 24.3 Å². The quantitative estimate of drug-likeness (QED) is 0.906. The van der Waals surface area contributed by atoms with Crippen molar-refractivity contribution in [3.05, 3.63) is 35.4 Å². The van der Waals surface area contributed by atoms with E-state index in [1.807, 2.05) is 13.8 Å². The zero-order chi connectivity index (χ0) is 15.1. The van der Waals surface area contributed by atoms with Gasteiger partial charge in [-0.05, 0) is 23.6 Å². The van der Waals surface area contributed by atoms with Crippen LogP contribution >= 0.6 is 0 Å². The molecule has 2 rings (SSSR count). The first-order valence-corrected chi connectivity index (χ1v) is 6.41. The number of carbonyl (C=O) groups is 1. The third kappa shape index (κ3) is 2.65. The maximum Gasteiger partial charge on any atom is 0.416 e. The Morgan fingerprint density at radius 3 is 2.45 bits per heavy atom. The monoisotopic (exact) mass is 286 g/mol. The summed E-state index contributed by atoms with van der Waals surface area (Å²) in [4.78, 5) is 13.5. The molecule has 1 aliphatic rings. The molecule has 1 heterocycles. The minimum Gasteiger partial charge on any atom is -0.325 e. The second-order valence-corrected chi connectivity index (χ2v) is 5.36. The SMILES string of the molecule is CC(C)C1NC(c2cccc(C(F)(F)F)c2)N(C)C1=O. The van der Waals surface area contributed by atoms with Gasteiger partial charge in [-0.2, -0.15) is 13.2 Å². The second kappa shape index (κ2) is 5.09. The zero-order valence-corrected chi connectivity index (χ0v) is 11.5. The van der Waals surface area contributed by atoms with Crippen LogP contribution in [0.1, 0.15) is 31.1 Å². The normalized spacial score (nSPS) is 23.8. The Morgan fingerprint density at radius 1 is 1.30 bits per heavy atom. The lowest BCUT2D eigenvalue weighted by Crippen LogP contribution is -2.33. The molecule has 0 spiro atoms. The molecule has 0 aliphatic carbocycles. The fraction of sp³-hybridized carbons (Fsp3) is 0.500. The number of hydrogen-bond donors (Lipinski definition) is 1. The number of alkyl halides is 3. The van der Waals surface area contributed by atoms with E-state index >= 15 is 0 Å². The third-order valence-electron chi connectivity index (χ3n) is 3.53. The standard InChI is InChI=1S/C14H17F3N2O/c1-8(2)11-13(20)19(3)12(18-11)9-5-4-6-10(7-9)14(15,16)17/h4-8,11-12,18H,1-3H3. The molecule has 0 bridgehead atoms. The molecule has 1 aromatic rings. The van der Waals surface area contributed by atoms with Crippen LogP contribution in [-0.4, -0.2) is 23.9 Å². The Kier molecular flexibility index (Phi) is 3.77. The number of amides is 1. The summed E-state index contributed by atoms with van der Waals surface area (Å²) in [7, 11) is 1.60. The van der Waals surface area contributed by atoms with Gasteiger partial charge in [0.15, 0.2) is 0 Å². The summed E-state index contributed by atoms with van der Waals surface area (Å²) < 4.78 is 38.2. The van der Waals surface area contributed by atoms with Crippen LogP contribution in [0.25, 0.3) is 0 Å². The van der Waals surface area contributed by atoms with Crippen LogP contribution in [0.4, 0.5) is 13.2 Å². The number of carbonyl (C=O) groups excluding carboxylic acids is 1. The predicted octanol–water partition coefficient (Wildman–Crippen LogP) is 2.79. The van der Waals surface area contributed by atoms with Gasteiger partial charge in [-0.15, -0.1) is 0 Å². The molecule has 1 fully saturated rings. The fourth-order valence-corrected chi connectivity index (χ4v) is 2.38. The van der Waals surface area contributed by atoms with Gasteiger partial charge in [-0.3, -0.25) is 10.1 Å². The van der Waals surface area contributed by atoms with Crippen LogP contribution in [0, 0.1) is 5.92 Å². The van der Waals surface area contributed by atoms with Gasteiger partial charge in [0.25, 0.3) is 0 Å². The molecule has 0 radical (unpaired) electrons. The molecule has 2 atom stereocenters. The lowest BCUT2D eigenvalue weighted by molar-refractivity contribution is -0.137. The minimum absolute atomic E-state index is 0.0840. The summed E-state index contributed by atoms with van der Waals surface area (Å²) in [6.45, 7) is 3.80. The highest BCUT2D eigenvalue weighted by Gasteiger charge is 2.39. The number of hydrogen-bond acceptors (Lipinski definition) is 2. The van der Waals surface area contributed by atoms with Gasteiger partial charge in [0.1, 0.15) is 6.17 Å². The molecule has 1 aliphatic heterocycles. The predicted molar refractivity (Wildman–Crippen MR) is 68.7 cm³/mol. The van der Waals surface area contributed by atoms with Crippen molar-refractivity contribution >= 4 is 5.91 Å². The van der Waals surface area contributed by atoms with Crippen molar-refractivity contribution in [1.82, 2.24) is 10.2 Å². The lowest BCUT2D eigenvalue weighted by Gasteiger charge is -2.20. The largest absolute Gasteiger partial charge is 0.416 e. The van der Waals surface area contributed by atoms with Crippen molar-refractivity contribution in [3.8, 4) is 0 Å². The summed E-state index contributed by atoms with van der Waals surface area (Å²) in [6.07, 6.45) is -4.90. The molecule has 3 nitrogen and oxygen atoms in total. The highest BCUT2D eigenvalue weighted by Crippen LogP contribution is 2.33. The first kappa shape index (κ1) is 14.8. The molecule has 2 unspecified atom stereocenters. The number of benzene rings is 1. The molecule has 0 saturated carbocycles. The van der Waals surface area contributed by atoms with Gasteiger partial charge < -0.3 is 4.90 Å². The molecular weight excluding hydrogens is 269 g/mol. The number of nitrogens with one attached hydrogen (secondary N) is 1. The van der Waals surface area contributed by atoms with E-state index in [4.69, 9.17) is 0 Å².